The Hall–Kier alpha value is -0.823. The van der Waals surface area contributed by atoms with E-state index in [2.05, 4.69) is 56.4 Å². The van der Waals surface area contributed by atoms with Gasteiger partial charge in [0.15, 0.2) is 0 Å². The van der Waals surface area contributed by atoms with Crippen molar-refractivity contribution in [2.45, 2.75) is 50.1 Å². The third kappa shape index (κ3) is 2.89. The molecule has 2 atom stereocenters. The Bertz CT molecular complexity index is 373. The zero-order valence-electron chi connectivity index (χ0n) is 11.2. The lowest BCUT2D eigenvalue weighted by Gasteiger charge is -2.33. The minimum absolute atomic E-state index is 0.127. The first-order valence-electron chi connectivity index (χ1n) is 7.01. The molecule has 0 aromatic carbocycles. The molecular formula is C16H24Si. The molecule has 0 radical (unpaired) electrons. The van der Waals surface area contributed by atoms with E-state index in [0.717, 1.165) is 5.54 Å². The van der Waals surface area contributed by atoms with Crippen LogP contribution in [-0.4, -0.2) is 9.52 Å². The molecule has 0 N–H and O–H groups in total. The average molecular weight is 244 g/mol. The Morgan fingerprint density at radius 1 is 1.29 bits per heavy atom. The lowest BCUT2D eigenvalue weighted by molar-refractivity contribution is 0.595. The van der Waals surface area contributed by atoms with E-state index in [1.165, 1.54) is 25.7 Å². The first kappa shape index (κ1) is 12.6. The standard InChI is InChI=1S/C16H24Si/c1-3-11-16(12-6-5-7-13-16)17-15-10-8-9-14(15)4-2/h5-10,12,15H,3-4,11,13,17H2,1-2H3. The summed E-state index contributed by atoms with van der Waals surface area (Å²) >= 11 is 0. The van der Waals surface area contributed by atoms with E-state index in [1.54, 1.807) is 5.57 Å². The van der Waals surface area contributed by atoms with Gasteiger partial charge in [0.2, 0.25) is 0 Å². The van der Waals surface area contributed by atoms with Crippen LogP contribution in [-0.2, 0) is 0 Å². The van der Waals surface area contributed by atoms with Crippen molar-refractivity contribution in [1.29, 1.82) is 0 Å². The van der Waals surface area contributed by atoms with Gasteiger partial charge in [-0.05, 0) is 29.8 Å². The molecule has 2 aliphatic rings. The molecule has 0 saturated heterocycles. The van der Waals surface area contributed by atoms with Crippen LogP contribution >= 0.6 is 0 Å². The highest BCUT2D eigenvalue weighted by molar-refractivity contribution is 6.45. The van der Waals surface area contributed by atoms with Crippen LogP contribution in [0.3, 0.4) is 0 Å². The molecule has 0 fully saturated rings. The summed E-state index contributed by atoms with van der Waals surface area (Å²) in [6.45, 7) is 4.62. The van der Waals surface area contributed by atoms with Gasteiger partial charge in [0.05, 0.1) is 0 Å². The normalized spacial score (nSPS) is 31.6. The Balaban J connectivity index is 2.08. The highest BCUT2D eigenvalue weighted by Gasteiger charge is 2.31. The fourth-order valence-electron chi connectivity index (χ4n) is 3.22. The van der Waals surface area contributed by atoms with Crippen molar-refractivity contribution in [3.63, 3.8) is 0 Å². The quantitative estimate of drug-likeness (QED) is 0.632. The van der Waals surface area contributed by atoms with Crippen LogP contribution in [0.4, 0.5) is 0 Å². The molecule has 92 valence electrons. The van der Waals surface area contributed by atoms with Gasteiger partial charge in [-0.15, -0.1) is 0 Å². The second kappa shape index (κ2) is 5.68. The largest absolute Gasteiger partial charge is 0.0840 e. The van der Waals surface area contributed by atoms with E-state index >= 15 is 0 Å². The Morgan fingerprint density at radius 3 is 2.82 bits per heavy atom. The topological polar surface area (TPSA) is 0 Å². The highest BCUT2D eigenvalue weighted by atomic mass is 28.2. The first-order chi connectivity index (χ1) is 8.29. The smallest absolute Gasteiger partial charge is 0.0450 e. The molecule has 0 aromatic heterocycles. The van der Waals surface area contributed by atoms with Gasteiger partial charge >= 0.3 is 0 Å². The number of hydrogen-bond donors (Lipinski definition) is 0. The van der Waals surface area contributed by atoms with Gasteiger partial charge in [-0.3, -0.25) is 0 Å². The summed E-state index contributed by atoms with van der Waals surface area (Å²) in [5.74, 6) is 0. The van der Waals surface area contributed by atoms with Crippen LogP contribution in [0.2, 0.25) is 10.6 Å². The molecule has 0 aliphatic heterocycles. The first-order valence-corrected chi connectivity index (χ1v) is 8.53. The molecule has 2 unspecified atom stereocenters. The van der Waals surface area contributed by atoms with E-state index in [-0.39, 0.29) is 9.52 Å². The van der Waals surface area contributed by atoms with Crippen molar-refractivity contribution in [3.8, 4) is 0 Å². The molecule has 0 nitrogen and oxygen atoms in total. The van der Waals surface area contributed by atoms with E-state index in [1.807, 2.05) is 0 Å². The van der Waals surface area contributed by atoms with Crippen LogP contribution in [0.15, 0.2) is 48.1 Å². The summed E-state index contributed by atoms with van der Waals surface area (Å²) in [4.78, 5) is 0. The van der Waals surface area contributed by atoms with Crippen LogP contribution in [0.1, 0.15) is 39.5 Å². The second-order valence-electron chi connectivity index (χ2n) is 5.39. The molecule has 0 spiro atoms. The maximum atomic E-state index is 2.52. The van der Waals surface area contributed by atoms with Crippen LogP contribution in [0.5, 0.6) is 0 Å². The third-order valence-electron chi connectivity index (χ3n) is 4.13. The SMILES string of the molecule is CCCC1([SiH2]C2C=CC=C2CC)C=CC=CC1. The summed E-state index contributed by atoms with van der Waals surface area (Å²) < 4.78 is 0. The molecule has 1 heteroatoms. The van der Waals surface area contributed by atoms with Gasteiger partial charge in [-0.1, -0.05) is 68.4 Å². The Kier molecular flexibility index (Phi) is 4.22. The zero-order chi connectivity index (χ0) is 12.1. The third-order valence-corrected chi connectivity index (χ3v) is 7.06. The molecule has 2 aliphatic carbocycles. The lowest BCUT2D eigenvalue weighted by Crippen LogP contribution is -2.23. The van der Waals surface area contributed by atoms with Gasteiger partial charge < -0.3 is 0 Å². The van der Waals surface area contributed by atoms with Gasteiger partial charge in [0, 0.05) is 9.52 Å². The molecule has 0 amide bonds. The van der Waals surface area contributed by atoms with Crippen LogP contribution in [0, 0.1) is 0 Å². The predicted molar refractivity (Wildman–Crippen MR) is 80.3 cm³/mol. The Labute approximate surface area is 108 Å². The van der Waals surface area contributed by atoms with E-state index in [0.29, 0.717) is 5.04 Å². The van der Waals surface area contributed by atoms with Crippen molar-refractivity contribution in [2.24, 2.45) is 0 Å². The summed E-state index contributed by atoms with van der Waals surface area (Å²) in [5, 5.41) is 0.553. The van der Waals surface area contributed by atoms with E-state index in [4.69, 9.17) is 0 Å². The van der Waals surface area contributed by atoms with Crippen LogP contribution in [0.25, 0.3) is 0 Å². The molecular weight excluding hydrogens is 220 g/mol. The lowest BCUT2D eigenvalue weighted by atomic mass is 9.94. The van der Waals surface area contributed by atoms with E-state index < -0.39 is 0 Å². The number of hydrogen-bond acceptors (Lipinski definition) is 0. The molecule has 0 heterocycles. The van der Waals surface area contributed by atoms with Gasteiger partial charge in [-0.25, -0.2) is 0 Å². The fraction of sp³-hybridized carbons (Fsp3) is 0.500. The minimum atomic E-state index is -0.127. The van der Waals surface area contributed by atoms with Crippen molar-refractivity contribution in [2.75, 3.05) is 0 Å². The van der Waals surface area contributed by atoms with Gasteiger partial charge in [-0.2, -0.15) is 0 Å². The molecule has 0 saturated carbocycles. The van der Waals surface area contributed by atoms with Crippen molar-refractivity contribution < 1.29 is 0 Å². The molecule has 0 bridgehead atoms. The molecule has 2 rings (SSSR count). The summed E-state index contributed by atoms with van der Waals surface area (Å²) in [7, 11) is -0.127. The van der Waals surface area contributed by atoms with Crippen molar-refractivity contribution in [3.05, 3.63) is 48.1 Å². The molecule has 0 aromatic rings. The molecule has 17 heavy (non-hydrogen) atoms. The van der Waals surface area contributed by atoms with Gasteiger partial charge in [0.1, 0.15) is 0 Å². The van der Waals surface area contributed by atoms with Crippen molar-refractivity contribution >= 4 is 9.52 Å². The van der Waals surface area contributed by atoms with E-state index in [9.17, 15) is 0 Å². The maximum absolute atomic E-state index is 2.52. The predicted octanol–water partition coefficient (Wildman–Crippen LogP) is 4.32. The maximum Gasteiger partial charge on any atom is 0.0450 e. The summed E-state index contributed by atoms with van der Waals surface area (Å²) in [6, 6.07) is 0. The van der Waals surface area contributed by atoms with Crippen molar-refractivity contribution in [1.82, 2.24) is 0 Å². The second-order valence-corrected chi connectivity index (χ2v) is 8.09. The summed E-state index contributed by atoms with van der Waals surface area (Å²) in [5.41, 5.74) is 2.50. The minimum Gasteiger partial charge on any atom is -0.0840 e. The fourth-order valence-corrected chi connectivity index (χ4v) is 6.24. The highest BCUT2D eigenvalue weighted by Crippen LogP contribution is 2.45. The number of rotatable bonds is 5. The monoisotopic (exact) mass is 244 g/mol. The average Bonchev–Trinajstić information content (AvgIpc) is 2.77. The zero-order valence-corrected chi connectivity index (χ0v) is 12.6. The van der Waals surface area contributed by atoms with Crippen LogP contribution < -0.4 is 0 Å². The Morgan fingerprint density at radius 2 is 2.18 bits per heavy atom. The summed E-state index contributed by atoms with van der Waals surface area (Å²) in [6.07, 6.45) is 21.7. The van der Waals surface area contributed by atoms with Gasteiger partial charge in [0.25, 0.3) is 0 Å². The number of allylic oxidation sites excluding steroid dienone is 8.